The monoisotopic (exact) mass is 217 g/mol. The second kappa shape index (κ2) is 9.06. The van der Waals surface area contributed by atoms with Crippen LogP contribution in [0, 0.1) is 35.6 Å². The summed E-state index contributed by atoms with van der Waals surface area (Å²) in [5.74, 6) is 0. The minimum absolute atomic E-state index is 0. The van der Waals surface area contributed by atoms with Crippen LogP contribution in [0.2, 0.25) is 0 Å². The van der Waals surface area contributed by atoms with Crippen molar-refractivity contribution in [3.05, 3.63) is 0 Å². The van der Waals surface area contributed by atoms with Crippen molar-refractivity contribution in [1.82, 2.24) is 0 Å². The van der Waals surface area contributed by atoms with Crippen LogP contribution in [-0.2, 0) is 5.48 Å². The predicted octanol–water partition coefficient (Wildman–Crippen LogP) is 0.104. The Morgan fingerprint density at radius 3 is 1.33 bits per heavy atom. The summed E-state index contributed by atoms with van der Waals surface area (Å²) < 4.78 is 0. The van der Waals surface area contributed by atoms with Crippen molar-refractivity contribution < 1.29 is 56.1 Å². The molecule has 0 atom stereocenters. The van der Waals surface area contributed by atoms with E-state index >= 15 is 0 Å². The summed E-state index contributed by atoms with van der Waals surface area (Å²) in [7, 11) is 0. The summed E-state index contributed by atoms with van der Waals surface area (Å²) in [6.45, 7) is 0. The molecule has 0 saturated carbocycles. The van der Waals surface area contributed by atoms with Crippen LogP contribution in [-0.4, -0.2) is 16.4 Å². The zero-order valence-corrected chi connectivity index (χ0v) is 6.41. The number of carbonyl (C=O) groups is 1. The maximum Gasteiger partial charge on any atom is 0.503 e. The molecule has 6 heavy (non-hydrogen) atoms. The Balaban J connectivity index is -0.0000000450. The van der Waals surface area contributed by atoms with Gasteiger partial charge in [0, 0.05) is 41.1 Å². The first-order valence-electron chi connectivity index (χ1n) is 0.651. The molecular formula is CH2LaO4. The van der Waals surface area contributed by atoms with Gasteiger partial charge in [0.25, 0.3) is 0 Å². The molecule has 2 N–H and O–H groups in total. The van der Waals surface area contributed by atoms with E-state index in [-0.39, 0.29) is 41.1 Å². The molecular weight excluding hydrogens is 215 g/mol. The van der Waals surface area contributed by atoms with E-state index in [2.05, 4.69) is 0 Å². The fraction of sp³-hybridized carbons (Fsp3) is 0. The Hall–Kier alpha value is 0.425. The van der Waals surface area contributed by atoms with Crippen molar-refractivity contribution in [2.45, 2.75) is 0 Å². The third-order valence-electron chi connectivity index (χ3n) is 0. The van der Waals surface area contributed by atoms with E-state index in [1.807, 2.05) is 0 Å². The zero-order chi connectivity index (χ0) is 3.58. The van der Waals surface area contributed by atoms with Crippen molar-refractivity contribution in [3.8, 4) is 0 Å². The molecule has 0 aromatic rings. The van der Waals surface area contributed by atoms with Crippen molar-refractivity contribution in [1.29, 1.82) is 0 Å². The molecule has 0 amide bonds. The minimum atomic E-state index is -1.83. The number of rotatable bonds is 0. The number of hydrogen-bond acceptors (Lipinski definition) is 1. The Kier molecular flexibility index (Phi) is 24.3. The van der Waals surface area contributed by atoms with Crippen LogP contribution >= 0.6 is 0 Å². The molecule has 0 bridgehead atoms. The molecule has 0 aliphatic heterocycles. The van der Waals surface area contributed by atoms with Crippen LogP contribution in [0.25, 0.3) is 0 Å². The molecule has 0 aromatic heterocycles. The van der Waals surface area contributed by atoms with Crippen LogP contribution in [0.15, 0.2) is 0 Å². The van der Waals surface area contributed by atoms with E-state index < -0.39 is 6.16 Å². The minimum Gasteiger partial charge on any atom is -0.450 e. The van der Waals surface area contributed by atoms with E-state index in [1.54, 1.807) is 0 Å². The second-order valence-electron chi connectivity index (χ2n) is 0.283. The van der Waals surface area contributed by atoms with Gasteiger partial charge in [0.05, 0.1) is 0 Å². The molecule has 0 unspecified atom stereocenters. The molecule has 5 heteroatoms. The molecule has 0 saturated heterocycles. The van der Waals surface area contributed by atoms with Gasteiger partial charge in [0.2, 0.25) is 0 Å². The molecule has 4 nitrogen and oxygen atoms in total. The van der Waals surface area contributed by atoms with Gasteiger partial charge < -0.3 is 10.2 Å². The van der Waals surface area contributed by atoms with Gasteiger partial charge in [-0.25, -0.2) is 4.79 Å². The smallest absolute Gasteiger partial charge is 0.450 e. The summed E-state index contributed by atoms with van der Waals surface area (Å²) in [5.41, 5.74) is 0. The summed E-state index contributed by atoms with van der Waals surface area (Å²) in [6.07, 6.45) is -1.83. The van der Waals surface area contributed by atoms with Gasteiger partial charge in [0.15, 0.2) is 0 Å². The first-order valence-corrected chi connectivity index (χ1v) is 0.651. The fourth-order valence-corrected chi connectivity index (χ4v) is 0. The van der Waals surface area contributed by atoms with Gasteiger partial charge in [0.1, 0.15) is 0 Å². The third-order valence-corrected chi connectivity index (χ3v) is 0. The Morgan fingerprint density at radius 1 is 1.33 bits per heavy atom. The molecule has 0 aliphatic rings. The van der Waals surface area contributed by atoms with Gasteiger partial charge in [-0.15, -0.1) is 0 Å². The molecule has 0 aromatic carbocycles. The molecule has 3 radical (unpaired) electrons. The van der Waals surface area contributed by atoms with Gasteiger partial charge >= 0.3 is 6.16 Å². The third kappa shape index (κ3) is 288. The number of hydrogen-bond donors (Lipinski definition) is 2. The van der Waals surface area contributed by atoms with Crippen molar-refractivity contribution in [3.63, 3.8) is 0 Å². The molecule has 0 spiro atoms. The molecule has 0 aliphatic carbocycles. The van der Waals surface area contributed by atoms with Crippen LogP contribution in [0.4, 0.5) is 4.79 Å². The van der Waals surface area contributed by atoms with Crippen LogP contribution < -0.4 is 0 Å². The normalized spacial score (nSPS) is 4.00. The van der Waals surface area contributed by atoms with Crippen molar-refractivity contribution >= 4 is 6.16 Å². The van der Waals surface area contributed by atoms with E-state index in [9.17, 15) is 0 Å². The summed E-state index contributed by atoms with van der Waals surface area (Å²) in [4.78, 5) is 8.56. The molecule has 0 rings (SSSR count). The van der Waals surface area contributed by atoms with Gasteiger partial charge in [-0.3, -0.25) is 0 Å². The quantitative estimate of drug-likeness (QED) is 0.603. The van der Waals surface area contributed by atoms with Gasteiger partial charge in [-0.2, -0.15) is 0 Å². The average molecular weight is 217 g/mol. The SMILES string of the molecule is O=C(O)O.[La].[O]. The first-order chi connectivity index (χ1) is 1.73. The zero-order valence-electron chi connectivity index (χ0n) is 2.79. The largest absolute Gasteiger partial charge is 0.503 e. The van der Waals surface area contributed by atoms with Crippen LogP contribution in [0.1, 0.15) is 0 Å². The van der Waals surface area contributed by atoms with Crippen molar-refractivity contribution in [2.24, 2.45) is 0 Å². The molecule has 33 valence electrons. The Bertz CT molecular complexity index is 30.5. The standard InChI is InChI=1S/CH2O3.La.O/c2-1(3)4;;/h(H2,2,3,4);;. The van der Waals surface area contributed by atoms with E-state index in [0.717, 1.165) is 0 Å². The topological polar surface area (TPSA) is 86.0 Å². The summed E-state index contributed by atoms with van der Waals surface area (Å²) in [6, 6.07) is 0. The number of carboxylic acid groups (broad SMARTS) is 2. The molecule has 0 fully saturated rings. The summed E-state index contributed by atoms with van der Waals surface area (Å²) >= 11 is 0. The average Bonchev–Trinajstić information content (AvgIpc) is 0.811. The maximum atomic E-state index is 8.56. The molecule has 0 heterocycles. The first kappa shape index (κ1) is 16.1. The predicted molar refractivity (Wildman–Crippen MR) is 11.3 cm³/mol. The van der Waals surface area contributed by atoms with Gasteiger partial charge in [-0.1, -0.05) is 0 Å². The Labute approximate surface area is 62.1 Å². The van der Waals surface area contributed by atoms with E-state index in [1.165, 1.54) is 0 Å². The van der Waals surface area contributed by atoms with Crippen LogP contribution in [0.3, 0.4) is 0 Å². The van der Waals surface area contributed by atoms with Crippen molar-refractivity contribution in [2.75, 3.05) is 0 Å². The second-order valence-corrected chi connectivity index (χ2v) is 0.283. The summed E-state index contributed by atoms with van der Waals surface area (Å²) in [5, 5.41) is 13.9. The van der Waals surface area contributed by atoms with Gasteiger partial charge in [-0.05, 0) is 0 Å². The van der Waals surface area contributed by atoms with E-state index in [4.69, 9.17) is 15.0 Å². The maximum absolute atomic E-state index is 8.56. The Morgan fingerprint density at radius 2 is 1.33 bits per heavy atom. The van der Waals surface area contributed by atoms with Crippen LogP contribution in [0.5, 0.6) is 0 Å². The van der Waals surface area contributed by atoms with E-state index in [0.29, 0.717) is 0 Å². The fourth-order valence-electron chi connectivity index (χ4n) is 0.